The normalized spacial score (nSPS) is 19.9. The molecule has 30 heavy (non-hydrogen) atoms. The molecule has 2 aromatic rings. The van der Waals surface area contributed by atoms with Crippen molar-refractivity contribution in [3.63, 3.8) is 0 Å². The first-order chi connectivity index (χ1) is 14.4. The highest BCUT2D eigenvalue weighted by atomic mass is 16.2. The number of likely N-dealkylation sites (N-methyl/N-ethyl adjacent to an activating group) is 1. The first kappa shape index (κ1) is 18.6. The Kier molecular flexibility index (Phi) is 4.07. The van der Waals surface area contributed by atoms with Gasteiger partial charge in [-0.05, 0) is 55.0 Å². The van der Waals surface area contributed by atoms with Crippen molar-refractivity contribution in [1.82, 2.24) is 4.90 Å². The Balaban J connectivity index is 1.70. The molecule has 0 fully saturated rings. The van der Waals surface area contributed by atoms with E-state index in [0.717, 1.165) is 39.2 Å². The first-order valence-corrected chi connectivity index (χ1v) is 10.3. The number of aryl methyl sites for hydroxylation is 3. The molecule has 2 aliphatic carbocycles. The number of carbonyl (C=O) groups excluding carboxylic acids is 2. The minimum atomic E-state index is -0.115. The second-order valence-corrected chi connectivity index (χ2v) is 8.44. The number of nitrogens with zero attached hydrogens (tertiary/aromatic N) is 1. The van der Waals surface area contributed by atoms with Crippen LogP contribution in [0.2, 0.25) is 0 Å². The standard InChI is InChI=1S/C26H24N2O2/c1-14-11-15(2)25(16(3)12-14)27-20-9-10-21-23-19(13-22(29)28(21)4)17-7-5-6-8-18(17)26(30)24(20)23/h5-9,11-13,21,27H,10H2,1-4H3. The van der Waals surface area contributed by atoms with Gasteiger partial charge in [0, 0.05) is 30.1 Å². The van der Waals surface area contributed by atoms with E-state index >= 15 is 0 Å². The molecule has 1 unspecified atom stereocenters. The van der Waals surface area contributed by atoms with Gasteiger partial charge in [-0.1, -0.05) is 48.0 Å². The number of Topliss-reactive ketones (excluding diaryl/α,β-unsaturated/α-hetero) is 1. The van der Waals surface area contributed by atoms with Crippen LogP contribution in [0.3, 0.4) is 0 Å². The van der Waals surface area contributed by atoms with Gasteiger partial charge in [0.15, 0.2) is 5.78 Å². The third-order valence-electron chi connectivity index (χ3n) is 6.42. The summed E-state index contributed by atoms with van der Waals surface area (Å²) in [4.78, 5) is 28.0. The van der Waals surface area contributed by atoms with Crippen LogP contribution < -0.4 is 5.32 Å². The number of hydrogen-bond acceptors (Lipinski definition) is 3. The number of ketones is 1. The molecule has 0 aromatic heterocycles. The lowest BCUT2D eigenvalue weighted by Crippen LogP contribution is -2.44. The lowest BCUT2D eigenvalue weighted by Gasteiger charge is -2.41. The SMILES string of the molecule is Cc1cc(C)c(NC2=CCC3C4=C2C(=O)c2ccccc2C4=CC(=O)N3C)c(C)c1. The zero-order valence-corrected chi connectivity index (χ0v) is 17.7. The fourth-order valence-corrected chi connectivity index (χ4v) is 5.03. The molecule has 150 valence electrons. The molecule has 1 amide bonds. The van der Waals surface area contributed by atoms with Crippen LogP contribution in [0.4, 0.5) is 5.69 Å². The van der Waals surface area contributed by atoms with Gasteiger partial charge < -0.3 is 10.2 Å². The summed E-state index contributed by atoms with van der Waals surface area (Å²) in [7, 11) is 1.82. The molecule has 1 N–H and O–H groups in total. The van der Waals surface area contributed by atoms with Gasteiger partial charge >= 0.3 is 0 Å². The molecule has 4 nitrogen and oxygen atoms in total. The Morgan fingerprint density at radius 3 is 2.37 bits per heavy atom. The summed E-state index contributed by atoms with van der Waals surface area (Å²) in [6, 6.07) is 11.8. The maximum absolute atomic E-state index is 13.6. The summed E-state index contributed by atoms with van der Waals surface area (Å²) in [5.74, 6) is 0.00338. The molecule has 2 aromatic carbocycles. The van der Waals surface area contributed by atoms with Gasteiger partial charge in [0.2, 0.25) is 5.91 Å². The van der Waals surface area contributed by atoms with Gasteiger partial charge in [-0.3, -0.25) is 9.59 Å². The minimum Gasteiger partial charge on any atom is -0.355 e. The van der Waals surface area contributed by atoms with Crippen molar-refractivity contribution in [2.75, 3.05) is 12.4 Å². The molecular weight excluding hydrogens is 372 g/mol. The van der Waals surface area contributed by atoms with E-state index in [1.165, 1.54) is 5.56 Å². The van der Waals surface area contributed by atoms with Gasteiger partial charge in [-0.2, -0.15) is 0 Å². The fourth-order valence-electron chi connectivity index (χ4n) is 5.03. The van der Waals surface area contributed by atoms with Crippen LogP contribution in [0.1, 0.15) is 39.0 Å². The zero-order valence-electron chi connectivity index (χ0n) is 17.7. The summed E-state index contributed by atoms with van der Waals surface area (Å²) >= 11 is 0. The molecule has 4 heteroatoms. The van der Waals surface area contributed by atoms with Gasteiger partial charge in [0.25, 0.3) is 0 Å². The lowest BCUT2D eigenvalue weighted by atomic mass is 9.72. The Labute approximate surface area is 176 Å². The number of hydrogen-bond donors (Lipinski definition) is 1. The van der Waals surface area contributed by atoms with E-state index in [9.17, 15) is 9.59 Å². The molecule has 0 bridgehead atoms. The molecule has 0 spiro atoms. The maximum atomic E-state index is 13.6. The third kappa shape index (κ3) is 2.60. The van der Waals surface area contributed by atoms with Gasteiger partial charge in [-0.15, -0.1) is 0 Å². The van der Waals surface area contributed by atoms with E-state index in [1.807, 2.05) is 31.3 Å². The Bertz CT molecular complexity index is 1210. The number of nitrogens with one attached hydrogen (secondary N) is 1. The number of allylic oxidation sites excluding steroid dienone is 1. The number of carbonyl (C=O) groups is 2. The number of benzene rings is 2. The van der Waals surface area contributed by atoms with Crippen molar-refractivity contribution >= 4 is 23.0 Å². The molecule has 1 aliphatic heterocycles. The van der Waals surface area contributed by atoms with Crippen molar-refractivity contribution in [2.24, 2.45) is 0 Å². The zero-order chi connectivity index (χ0) is 21.2. The Morgan fingerprint density at radius 1 is 1.00 bits per heavy atom. The fraction of sp³-hybridized carbons (Fsp3) is 0.231. The second-order valence-electron chi connectivity index (χ2n) is 8.44. The van der Waals surface area contributed by atoms with Gasteiger partial charge in [0.05, 0.1) is 11.6 Å². The summed E-state index contributed by atoms with van der Waals surface area (Å²) in [6.45, 7) is 6.26. The summed E-state index contributed by atoms with van der Waals surface area (Å²) in [5, 5.41) is 3.57. The monoisotopic (exact) mass is 396 g/mol. The van der Waals surface area contributed by atoms with E-state index in [0.29, 0.717) is 17.6 Å². The smallest absolute Gasteiger partial charge is 0.247 e. The first-order valence-electron chi connectivity index (χ1n) is 10.3. The van der Waals surface area contributed by atoms with Crippen LogP contribution in [0.25, 0.3) is 5.57 Å². The highest BCUT2D eigenvalue weighted by Crippen LogP contribution is 2.46. The highest BCUT2D eigenvalue weighted by Gasteiger charge is 2.42. The summed E-state index contributed by atoms with van der Waals surface area (Å²) in [5.41, 5.74) is 9.45. The van der Waals surface area contributed by atoms with Gasteiger partial charge in [-0.25, -0.2) is 0 Å². The van der Waals surface area contributed by atoms with Crippen LogP contribution in [-0.4, -0.2) is 29.7 Å². The average molecular weight is 396 g/mol. The molecule has 1 heterocycles. The van der Waals surface area contributed by atoms with Crippen LogP contribution >= 0.6 is 0 Å². The van der Waals surface area contributed by atoms with E-state index < -0.39 is 0 Å². The molecule has 0 saturated heterocycles. The van der Waals surface area contributed by atoms with Gasteiger partial charge in [0.1, 0.15) is 0 Å². The van der Waals surface area contributed by atoms with Crippen molar-refractivity contribution in [1.29, 1.82) is 0 Å². The Morgan fingerprint density at radius 2 is 1.67 bits per heavy atom. The lowest BCUT2D eigenvalue weighted by molar-refractivity contribution is -0.126. The molecule has 0 radical (unpaired) electrons. The van der Waals surface area contributed by atoms with Crippen molar-refractivity contribution in [3.8, 4) is 0 Å². The number of amides is 1. The van der Waals surface area contributed by atoms with E-state index in [2.05, 4.69) is 44.3 Å². The highest BCUT2D eigenvalue weighted by molar-refractivity contribution is 6.22. The van der Waals surface area contributed by atoms with E-state index in [1.54, 1.807) is 11.0 Å². The minimum absolute atomic E-state index is 0.0164. The molecular formula is C26H24N2O2. The molecule has 0 saturated carbocycles. The molecule has 1 atom stereocenters. The van der Waals surface area contributed by atoms with Crippen molar-refractivity contribution in [3.05, 3.63) is 93.2 Å². The predicted molar refractivity (Wildman–Crippen MR) is 119 cm³/mol. The average Bonchev–Trinajstić information content (AvgIpc) is 2.72. The van der Waals surface area contributed by atoms with Crippen molar-refractivity contribution < 1.29 is 9.59 Å². The van der Waals surface area contributed by atoms with E-state index in [4.69, 9.17) is 0 Å². The molecule has 3 aliphatic rings. The maximum Gasteiger partial charge on any atom is 0.247 e. The van der Waals surface area contributed by atoms with Crippen LogP contribution in [0.5, 0.6) is 0 Å². The van der Waals surface area contributed by atoms with Crippen LogP contribution in [0, 0.1) is 20.8 Å². The predicted octanol–water partition coefficient (Wildman–Crippen LogP) is 4.73. The summed E-state index contributed by atoms with van der Waals surface area (Å²) < 4.78 is 0. The Hall–Kier alpha value is -3.40. The molecule has 5 rings (SSSR count). The summed E-state index contributed by atoms with van der Waals surface area (Å²) in [6.07, 6.45) is 4.43. The number of anilines is 1. The number of rotatable bonds is 2. The van der Waals surface area contributed by atoms with Crippen molar-refractivity contribution in [2.45, 2.75) is 33.2 Å². The van der Waals surface area contributed by atoms with Crippen LogP contribution in [-0.2, 0) is 4.79 Å². The van der Waals surface area contributed by atoms with E-state index in [-0.39, 0.29) is 17.7 Å². The largest absolute Gasteiger partial charge is 0.355 e. The third-order valence-corrected chi connectivity index (χ3v) is 6.42. The topological polar surface area (TPSA) is 49.4 Å². The van der Waals surface area contributed by atoms with Crippen LogP contribution in [0.15, 0.2) is 65.4 Å². The number of fused-ring (bicyclic) bond motifs is 2. The quantitative estimate of drug-likeness (QED) is 0.798. The second kappa shape index (κ2) is 6.56.